The van der Waals surface area contributed by atoms with Crippen molar-refractivity contribution in [2.24, 2.45) is 0 Å². The zero-order valence-corrected chi connectivity index (χ0v) is 9.15. The molecule has 1 aromatic heterocycles. The Morgan fingerprint density at radius 2 is 2.33 bits per heavy atom. The van der Waals surface area contributed by atoms with Gasteiger partial charge in [-0.05, 0) is 6.07 Å². The zero-order chi connectivity index (χ0) is 13.0. The van der Waals surface area contributed by atoms with E-state index in [2.05, 4.69) is 14.7 Å². The van der Waals surface area contributed by atoms with Crippen LogP contribution in [-0.4, -0.2) is 20.2 Å². The molecule has 0 radical (unpaired) electrons. The molecule has 1 aromatic carbocycles. The van der Waals surface area contributed by atoms with E-state index >= 15 is 0 Å². The van der Waals surface area contributed by atoms with Gasteiger partial charge in [0.15, 0.2) is 6.61 Å². The summed E-state index contributed by atoms with van der Waals surface area (Å²) in [7, 11) is 0. The van der Waals surface area contributed by atoms with Gasteiger partial charge in [-0.25, -0.2) is 0 Å². The van der Waals surface area contributed by atoms with E-state index in [1.807, 2.05) is 0 Å². The average Bonchev–Trinajstić information content (AvgIpc) is 2.89. The van der Waals surface area contributed by atoms with Gasteiger partial charge < -0.3 is 14.4 Å². The van der Waals surface area contributed by atoms with Crippen LogP contribution in [0.3, 0.4) is 0 Å². The van der Waals surface area contributed by atoms with Crippen LogP contribution in [0, 0.1) is 10.1 Å². The second kappa shape index (κ2) is 5.23. The Balaban J connectivity index is 2.14. The molecule has 0 saturated heterocycles. The number of hydrogen-bond acceptors (Lipinski definition) is 7. The summed E-state index contributed by atoms with van der Waals surface area (Å²) in [6.07, 6.45) is 1.17. The first kappa shape index (κ1) is 12.0. The SMILES string of the molecule is O=[N+]([O-])c1ccc(OCc2ncon2)c(CO)c1. The Hall–Kier alpha value is -2.48. The molecule has 0 bridgehead atoms. The maximum Gasteiger partial charge on any atom is 0.270 e. The molecule has 1 heterocycles. The third-order valence-electron chi connectivity index (χ3n) is 2.19. The maximum absolute atomic E-state index is 10.6. The number of aliphatic hydroxyl groups is 1. The molecule has 18 heavy (non-hydrogen) atoms. The molecule has 1 N–H and O–H groups in total. The van der Waals surface area contributed by atoms with Crippen molar-refractivity contribution >= 4 is 5.69 Å². The van der Waals surface area contributed by atoms with Crippen molar-refractivity contribution in [1.29, 1.82) is 0 Å². The third-order valence-corrected chi connectivity index (χ3v) is 2.19. The van der Waals surface area contributed by atoms with Crippen LogP contribution in [0.4, 0.5) is 5.69 Å². The molecule has 8 heteroatoms. The number of aromatic nitrogens is 2. The van der Waals surface area contributed by atoms with Crippen LogP contribution in [0.5, 0.6) is 5.75 Å². The molecule has 0 atom stereocenters. The van der Waals surface area contributed by atoms with Crippen molar-refractivity contribution in [3.8, 4) is 5.75 Å². The van der Waals surface area contributed by atoms with E-state index in [1.165, 1.54) is 24.6 Å². The van der Waals surface area contributed by atoms with Gasteiger partial charge in [0.05, 0.1) is 11.5 Å². The van der Waals surface area contributed by atoms with E-state index in [0.29, 0.717) is 17.1 Å². The number of non-ortho nitro benzene ring substituents is 1. The number of hydrogen-bond donors (Lipinski definition) is 1. The van der Waals surface area contributed by atoms with Gasteiger partial charge in [0, 0.05) is 17.7 Å². The molecule has 0 aliphatic carbocycles. The fraction of sp³-hybridized carbons (Fsp3) is 0.200. The first-order valence-corrected chi connectivity index (χ1v) is 4.97. The zero-order valence-electron chi connectivity index (χ0n) is 9.15. The minimum Gasteiger partial charge on any atom is -0.485 e. The molecule has 0 unspecified atom stereocenters. The first-order valence-electron chi connectivity index (χ1n) is 4.97. The normalized spacial score (nSPS) is 10.3. The Kier molecular flexibility index (Phi) is 3.49. The van der Waals surface area contributed by atoms with E-state index < -0.39 is 4.92 Å². The second-order valence-corrected chi connectivity index (χ2v) is 3.34. The van der Waals surface area contributed by atoms with E-state index in [4.69, 9.17) is 9.84 Å². The summed E-state index contributed by atoms with van der Waals surface area (Å²) < 4.78 is 9.87. The lowest BCUT2D eigenvalue weighted by atomic mass is 10.2. The van der Waals surface area contributed by atoms with Crippen LogP contribution >= 0.6 is 0 Å². The van der Waals surface area contributed by atoms with Gasteiger partial charge >= 0.3 is 0 Å². The van der Waals surface area contributed by atoms with Crippen molar-refractivity contribution in [3.05, 3.63) is 46.1 Å². The van der Waals surface area contributed by atoms with E-state index in [1.54, 1.807) is 0 Å². The molecule has 2 aromatic rings. The van der Waals surface area contributed by atoms with Crippen LogP contribution in [0.15, 0.2) is 29.1 Å². The monoisotopic (exact) mass is 251 g/mol. The highest BCUT2D eigenvalue weighted by molar-refractivity contribution is 5.43. The lowest BCUT2D eigenvalue weighted by Crippen LogP contribution is -2.01. The van der Waals surface area contributed by atoms with Gasteiger partial charge in [0.1, 0.15) is 5.75 Å². The van der Waals surface area contributed by atoms with Crippen LogP contribution in [0.2, 0.25) is 0 Å². The molecule has 0 aliphatic rings. The van der Waals surface area contributed by atoms with Crippen molar-refractivity contribution in [3.63, 3.8) is 0 Å². The molecule has 94 valence electrons. The number of benzene rings is 1. The molecule has 0 fully saturated rings. The Labute approximate surface area is 101 Å². The number of nitro groups is 1. The lowest BCUT2D eigenvalue weighted by molar-refractivity contribution is -0.385. The number of aliphatic hydroxyl groups excluding tert-OH is 1. The topological polar surface area (TPSA) is 112 Å². The van der Waals surface area contributed by atoms with Crippen molar-refractivity contribution in [1.82, 2.24) is 10.1 Å². The summed E-state index contributed by atoms with van der Waals surface area (Å²) >= 11 is 0. The second-order valence-electron chi connectivity index (χ2n) is 3.34. The largest absolute Gasteiger partial charge is 0.485 e. The smallest absolute Gasteiger partial charge is 0.270 e. The quantitative estimate of drug-likeness (QED) is 0.624. The minimum atomic E-state index is -0.540. The molecule has 0 saturated carbocycles. The summed E-state index contributed by atoms with van der Waals surface area (Å²) in [5.74, 6) is 0.685. The highest BCUT2D eigenvalue weighted by Crippen LogP contribution is 2.24. The van der Waals surface area contributed by atoms with Crippen LogP contribution < -0.4 is 4.74 Å². The number of nitrogens with zero attached hydrogens (tertiary/aromatic N) is 3. The van der Waals surface area contributed by atoms with Gasteiger partial charge in [-0.3, -0.25) is 10.1 Å². The van der Waals surface area contributed by atoms with Crippen LogP contribution in [-0.2, 0) is 13.2 Å². The first-order chi connectivity index (χ1) is 8.70. The van der Waals surface area contributed by atoms with Crippen molar-refractivity contribution in [2.75, 3.05) is 0 Å². The molecule has 2 rings (SSSR count). The minimum absolute atomic E-state index is 0.0569. The number of ether oxygens (including phenoxy) is 1. The van der Waals surface area contributed by atoms with Crippen molar-refractivity contribution in [2.45, 2.75) is 13.2 Å². The summed E-state index contributed by atoms with van der Waals surface area (Å²) in [4.78, 5) is 13.8. The predicted octanol–water partition coefficient (Wildman–Crippen LogP) is 1.05. The van der Waals surface area contributed by atoms with E-state index in [9.17, 15) is 10.1 Å². The van der Waals surface area contributed by atoms with Gasteiger partial charge in [0.25, 0.3) is 5.69 Å². The Morgan fingerprint density at radius 3 is 2.94 bits per heavy atom. The summed E-state index contributed by atoms with van der Waals surface area (Å²) in [5, 5.41) is 23.3. The summed E-state index contributed by atoms with van der Waals surface area (Å²) in [6, 6.07) is 3.97. The van der Waals surface area contributed by atoms with Gasteiger partial charge in [-0.1, -0.05) is 5.16 Å². The van der Waals surface area contributed by atoms with Crippen LogP contribution in [0.1, 0.15) is 11.4 Å². The highest BCUT2D eigenvalue weighted by atomic mass is 16.6. The average molecular weight is 251 g/mol. The third kappa shape index (κ3) is 2.61. The standard InChI is InChI=1S/C10H9N3O5/c14-4-7-3-8(13(15)16)1-2-9(7)17-5-10-11-6-18-12-10/h1-3,6,14H,4-5H2. The van der Waals surface area contributed by atoms with Crippen LogP contribution in [0.25, 0.3) is 0 Å². The van der Waals surface area contributed by atoms with Gasteiger partial charge in [0.2, 0.25) is 12.2 Å². The number of nitro benzene ring substituents is 1. The van der Waals surface area contributed by atoms with E-state index in [-0.39, 0.29) is 18.9 Å². The predicted molar refractivity (Wildman–Crippen MR) is 57.6 cm³/mol. The molecular formula is C10H9N3O5. The summed E-state index contributed by atoms with van der Waals surface area (Å²) in [6.45, 7) is -0.301. The number of rotatable bonds is 5. The maximum atomic E-state index is 10.6. The molecule has 8 nitrogen and oxygen atoms in total. The molecule has 0 spiro atoms. The molecule has 0 amide bonds. The fourth-order valence-corrected chi connectivity index (χ4v) is 1.34. The Bertz CT molecular complexity index is 540. The highest BCUT2D eigenvalue weighted by Gasteiger charge is 2.11. The summed E-state index contributed by atoms with van der Waals surface area (Å²) in [5.41, 5.74) is 0.221. The van der Waals surface area contributed by atoms with E-state index in [0.717, 1.165) is 0 Å². The van der Waals surface area contributed by atoms with Gasteiger partial charge in [-0.15, -0.1) is 0 Å². The van der Waals surface area contributed by atoms with Gasteiger partial charge in [-0.2, -0.15) is 4.98 Å². The Morgan fingerprint density at radius 1 is 1.50 bits per heavy atom. The van der Waals surface area contributed by atoms with Crippen molar-refractivity contribution < 1.29 is 19.3 Å². The lowest BCUT2D eigenvalue weighted by Gasteiger charge is -2.07. The fourth-order valence-electron chi connectivity index (χ4n) is 1.34. The molecule has 0 aliphatic heterocycles. The molecular weight excluding hydrogens is 242 g/mol.